The van der Waals surface area contributed by atoms with Crippen LogP contribution in [0, 0.1) is 0 Å². The lowest BCUT2D eigenvalue weighted by Crippen LogP contribution is -2.15. The second kappa shape index (κ2) is 7.54. The van der Waals surface area contributed by atoms with Gasteiger partial charge in [0.25, 0.3) is 0 Å². The topological polar surface area (TPSA) is 53.4 Å². The molecule has 1 aliphatic carbocycles. The number of aromatic nitrogens is 2. The number of allylic oxidation sites excluding steroid dienone is 1. The highest BCUT2D eigenvalue weighted by Gasteiger charge is 2.25. The van der Waals surface area contributed by atoms with E-state index in [1.54, 1.807) is 0 Å². The fourth-order valence-corrected chi connectivity index (χ4v) is 4.28. The lowest BCUT2D eigenvalue weighted by molar-refractivity contribution is 0.104. The molecule has 0 radical (unpaired) electrons. The number of fused-ring (bicyclic) bond motifs is 2. The predicted molar refractivity (Wildman–Crippen MR) is 122 cm³/mol. The molecule has 4 aromatic rings. The summed E-state index contributed by atoms with van der Waals surface area (Å²) in [5.41, 5.74) is 6.19. The van der Waals surface area contributed by atoms with Gasteiger partial charge in [0.05, 0.1) is 5.69 Å². The van der Waals surface area contributed by atoms with Crippen LogP contribution in [-0.2, 0) is 6.42 Å². The molecule has 2 aliphatic rings. The minimum Gasteiger partial charge on any atom is -0.486 e. The number of rotatable bonds is 3. The predicted octanol–water partition coefficient (Wildman–Crippen LogP) is 5.13. The van der Waals surface area contributed by atoms with Gasteiger partial charge in [0.1, 0.15) is 18.9 Å². The van der Waals surface area contributed by atoms with E-state index in [9.17, 15) is 4.79 Å². The Bertz CT molecular complexity index is 1370. The highest BCUT2D eigenvalue weighted by atomic mass is 16.6. The zero-order chi connectivity index (χ0) is 21.5. The fourth-order valence-electron chi connectivity index (χ4n) is 4.28. The number of hydrogen-bond acceptors (Lipinski definition) is 4. The molecule has 0 atom stereocenters. The zero-order valence-corrected chi connectivity index (χ0v) is 17.3. The maximum Gasteiger partial charge on any atom is 0.189 e. The molecule has 5 heteroatoms. The van der Waals surface area contributed by atoms with Crippen LogP contribution in [0.4, 0.5) is 0 Å². The van der Waals surface area contributed by atoms with Crippen LogP contribution in [-0.4, -0.2) is 28.8 Å². The zero-order valence-electron chi connectivity index (χ0n) is 17.3. The molecule has 0 spiro atoms. The molecule has 5 nitrogen and oxygen atoms in total. The number of ether oxygens (including phenoxy) is 2. The van der Waals surface area contributed by atoms with Crippen molar-refractivity contribution >= 4 is 11.9 Å². The molecule has 1 aromatic heterocycles. The Kier molecular flexibility index (Phi) is 4.39. The van der Waals surface area contributed by atoms with Gasteiger partial charge >= 0.3 is 0 Å². The number of benzene rings is 3. The summed E-state index contributed by atoms with van der Waals surface area (Å²) >= 11 is 0. The summed E-state index contributed by atoms with van der Waals surface area (Å²) in [6, 6.07) is 23.6. The first-order valence-electron chi connectivity index (χ1n) is 10.6. The number of carbonyl (C=O) groups excluding carboxylic acids is 1. The Morgan fingerprint density at radius 1 is 0.875 bits per heavy atom. The van der Waals surface area contributed by atoms with E-state index in [0.29, 0.717) is 25.4 Å². The minimum absolute atomic E-state index is 0.0844. The molecule has 1 aliphatic heterocycles. The Labute approximate surface area is 185 Å². The largest absolute Gasteiger partial charge is 0.486 e. The molecule has 0 N–H and O–H groups in total. The first kappa shape index (κ1) is 18.6. The Morgan fingerprint density at radius 3 is 2.50 bits per heavy atom. The molecule has 156 valence electrons. The normalized spacial score (nSPS) is 15.8. The van der Waals surface area contributed by atoms with Gasteiger partial charge in [-0.1, -0.05) is 42.5 Å². The summed E-state index contributed by atoms with van der Waals surface area (Å²) in [5, 5.41) is 4.88. The van der Waals surface area contributed by atoms with Crippen molar-refractivity contribution in [3.8, 4) is 28.4 Å². The third-order valence-electron chi connectivity index (χ3n) is 5.84. The van der Waals surface area contributed by atoms with Crippen molar-refractivity contribution < 1.29 is 14.3 Å². The Morgan fingerprint density at radius 2 is 1.66 bits per heavy atom. The van der Waals surface area contributed by atoms with Gasteiger partial charge in [0.2, 0.25) is 0 Å². The summed E-state index contributed by atoms with van der Waals surface area (Å²) in [4.78, 5) is 13.0. The van der Waals surface area contributed by atoms with E-state index < -0.39 is 0 Å². The lowest BCUT2D eigenvalue weighted by atomic mass is 10.0. The molecule has 0 fully saturated rings. The van der Waals surface area contributed by atoms with Crippen LogP contribution in [0.25, 0.3) is 23.0 Å². The quantitative estimate of drug-likeness (QED) is 0.431. The number of ketones is 1. The molecule has 0 bridgehead atoms. The van der Waals surface area contributed by atoms with Crippen molar-refractivity contribution in [2.45, 2.75) is 6.42 Å². The van der Waals surface area contributed by atoms with E-state index >= 15 is 0 Å². The third-order valence-corrected chi connectivity index (χ3v) is 5.84. The van der Waals surface area contributed by atoms with Gasteiger partial charge in [-0.15, -0.1) is 0 Å². The van der Waals surface area contributed by atoms with Gasteiger partial charge in [0, 0.05) is 34.9 Å². The van der Waals surface area contributed by atoms with Crippen LogP contribution in [0.15, 0.2) is 84.6 Å². The highest BCUT2D eigenvalue weighted by molar-refractivity contribution is 6.15. The van der Waals surface area contributed by atoms with E-state index in [-0.39, 0.29) is 5.78 Å². The van der Waals surface area contributed by atoms with Gasteiger partial charge in [-0.05, 0) is 42.0 Å². The Balaban J connectivity index is 1.47. The van der Waals surface area contributed by atoms with Crippen molar-refractivity contribution in [1.82, 2.24) is 9.78 Å². The van der Waals surface area contributed by atoms with Gasteiger partial charge in [0.15, 0.2) is 17.3 Å². The number of Topliss-reactive ketones (excluding diaryl/α,β-unsaturated/α-hetero) is 1. The third kappa shape index (κ3) is 3.19. The second-order valence-corrected chi connectivity index (χ2v) is 7.90. The average molecular weight is 420 g/mol. The van der Waals surface area contributed by atoms with E-state index in [1.165, 1.54) is 0 Å². The van der Waals surface area contributed by atoms with E-state index in [1.807, 2.05) is 89.8 Å². The molecule has 3 aromatic carbocycles. The minimum atomic E-state index is 0.0844. The van der Waals surface area contributed by atoms with Gasteiger partial charge in [-0.2, -0.15) is 5.10 Å². The maximum atomic E-state index is 13.0. The number of hydrogen-bond donors (Lipinski definition) is 0. The number of nitrogens with zero attached hydrogens (tertiary/aromatic N) is 2. The SMILES string of the molecule is O=C1/C(=C/c2cn(-c3ccccc3)nc2-c2ccc3c(c2)OCCO3)Cc2ccccc21. The van der Waals surface area contributed by atoms with Crippen LogP contribution in [0.2, 0.25) is 0 Å². The average Bonchev–Trinajstić information content (AvgIpc) is 3.41. The highest BCUT2D eigenvalue weighted by Crippen LogP contribution is 2.36. The van der Waals surface area contributed by atoms with Gasteiger partial charge < -0.3 is 9.47 Å². The monoisotopic (exact) mass is 420 g/mol. The molecule has 32 heavy (non-hydrogen) atoms. The smallest absolute Gasteiger partial charge is 0.189 e. The molecular weight excluding hydrogens is 400 g/mol. The van der Waals surface area contributed by atoms with Crippen LogP contribution < -0.4 is 9.47 Å². The summed E-state index contributed by atoms with van der Waals surface area (Å²) in [6.07, 6.45) is 4.58. The van der Waals surface area contributed by atoms with E-state index in [0.717, 1.165) is 45.0 Å². The first-order valence-corrected chi connectivity index (χ1v) is 10.6. The number of carbonyl (C=O) groups is 1. The van der Waals surface area contributed by atoms with Gasteiger partial charge in [-0.3, -0.25) is 4.79 Å². The van der Waals surface area contributed by atoms with Crippen LogP contribution in [0.1, 0.15) is 21.5 Å². The van der Waals surface area contributed by atoms with Crippen molar-refractivity contribution in [2.75, 3.05) is 13.2 Å². The van der Waals surface area contributed by atoms with Crippen molar-refractivity contribution in [3.63, 3.8) is 0 Å². The Hall–Kier alpha value is -4.12. The van der Waals surface area contributed by atoms with Crippen molar-refractivity contribution in [1.29, 1.82) is 0 Å². The first-order chi connectivity index (χ1) is 15.8. The summed E-state index contributed by atoms with van der Waals surface area (Å²) < 4.78 is 13.3. The molecule has 6 rings (SSSR count). The van der Waals surface area contributed by atoms with Crippen LogP contribution in [0.5, 0.6) is 11.5 Å². The van der Waals surface area contributed by atoms with E-state index in [4.69, 9.17) is 14.6 Å². The molecule has 2 heterocycles. The molecule has 0 amide bonds. The molecule has 0 saturated heterocycles. The van der Waals surface area contributed by atoms with Crippen molar-refractivity contribution in [3.05, 3.63) is 101 Å². The molecular formula is C27H20N2O3. The fraction of sp³-hybridized carbons (Fsp3) is 0.111. The van der Waals surface area contributed by atoms with Gasteiger partial charge in [-0.25, -0.2) is 4.68 Å². The van der Waals surface area contributed by atoms with E-state index in [2.05, 4.69) is 0 Å². The standard InChI is InChI=1S/C27H20N2O3/c30-27-20(14-18-6-4-5-9-23(18)27)15-21-17-29(22-7-2-1-3-8-22)28-26(21)19-10-11-24-25(16-19)32-13-12-31-24/h1-11,15-17H,12-14H2/b20-15+. The van der Waals surface area contributed by atoms with Crippen LogP contribution in [0.3, 0.4) is 0 Å². The van der Waals surface area contributed by atoms with Crippen molar-refractivity contribution in [2.24, 2.45) is 0 Å². The molecule has 0 unspecified atom stereocenters. The summed E-state index contributed by atoms with van der Waals surface area (Å²) in [7, 11) is 0. The second-order valence-electron chi connectivity index (χ2n) is 7.90. The lowest BCUT2D eigenvalue weighted by Gasteiger charge is -2.18. The summed E-state index contributed by atoms with van der Waals surface area (Å²) in [6.45, 7) is 1.08. The van der Waals surface area contributed by atoms with Crippen LogP contribution >= 0.6 is 0 Å². The maximum absolute atomic E-state index is 13.0. The summed E-state index contributed by atoms with van der Waals surface area (Å²) in [5.74, 6) is 1.54. The molecule has 0 saturated carbocycles. The number of para-hydroxylation sites is 1.